The van der Waals surface area contributed by atoms with Crippen LogP contribution in [0.4, 0.5) is 5.13 Å². The quantitative estimate of drug-likeness (QED) is 0.545. The number of benzene rings is 2. The van der Waals surface area contributed by atoms with E-state index in [9.17, 15) is 8.42 Å². The minimum atomic E-state index is -3.63. The summed E-state index contributed by atoms with van der Waals surface area (Å²) in [5, 5.41) is 3.56. The highest BCUT2D eigenvalue weighted by atomic mass is 35.5. The maximum Gasteiger partial charge on any atom is 0.243 e. The van der Waals surface area contributed by atoms with Crippen molar-refractivity contribution in [2.75, 3.05) is 31.1 Å². The van der Waals surface area contributed by atoms with Crippen LogP contribution in [0.2, 0.25) is 10.0 Å². The molecule has 1 aromatic heterocycles. The van der Waals surface area contributed by atoms with E-state index in [-0.39, 0.29) is 4.90 Å². The van der Waals surface area contributed by atoms with E-state index in [2.05, 4.69) is 24.0 Å². The van der Waals surface area contributed by atoms with Crippen molar-refractivity contribution < 1.29 is 8.42 Å². The van der Waals surface area contributed by atoms with Crippen LogP contribution < -0.4 is 4.90 Å². The Morgan fingerprint density at radius 2 is 1.69 bits per heavy atom. The highest BCUT2D eigenvalue weighted by Gasteiger charge is 2.30. The van der Waals surface area contributed by atoms with Crippen LogP contribution in [0.1, 0.15) is 5.56 Å². The van der Waals surface area contributed by atoms with Gasteiger partial charge in [-0.15, -0.1) is 11.3 Å². The average Bonchev–Trinajstić information content (AvgIpc) is 3.18. The van der Waals surface area contributed by atoms with Gasteiger partial charge in [-0.05, 0) is 31.2 Å². The van der Waals surface area contributed by atoms with Gasteiger partial charge in [0.15, 0.2) is 5.13 Å². The molecule has 1 aliphatic heterocycles. The second kappa shape index (κ2) is 8.24. The number of anilines is 1. The summed E-state index contributed by atoms with van der Waals surface area (Å²) in [6, 6.07) is 12.6. The third-order valence-corrected chi connectivity index (χ3v) is 8.00. The monoisotopic (exact) mass is 467 g/mol. The standard InChI is InChI=1S/C20H19Cl2N3O2S2/c1-14-3-2-4-15(9-14)19-13-28-20(23-19)24-5-7-25(8-6-24)29(26,27)18-11-16(21)10-17(22)12-18/h2-4,9-13H,5-8H2,1H3. The van der Waals surface area contributed by atoms with E-state index in [0.29, 0.717) is 36.2 Å². The molecule has 3 aromatic rings. The Bertz CT molecular complexity index is 1120. The number of sulfonamides is 1. The number of nitrogens with zero attached hydrogens (tertiary/aromatic N) is 3. The predicted molar refractivity (Wildman–Crippen MR) is 120 cm³/mol. The lowest BCUT2D eigenvalue weighted by atomic mass is 10.1. The molecule has 29 heavy (non-hydrogen) atoms. The zero-order valence-electron chi connectivity index (χ0n) is 15.7. The van der Waals surface area contributed by atoms with E-state index in [1.54, 1.807) is 11.3 Å². The molecule has 1 aliphatic rings. The number of thiazole rings is 1. The minimum Gasteiger partial charge on any atom is -0.345 e. The summed E-state index contributed by atoms with van der Waals surface area (Å²) in [6.07, 6.45) is 0. The molecule has 2 aromatic carbocycles. The molecule has 0 bridgehead atoms. The number of aryl methyl sites for hydroxylation is 1. The first-order chi connectivity index (χ1) is 13.8. The van der Waals surface area contributed by atoms with Gasteiger partial charge < -0.3 is 4.90 Å². The molecule has 1 fully saturated rings. The lowest BCUT2D eigenvalue weighted by Gasteiger charge is -2.33. The van der Waals surface area contributed by atoms with Crippen molar-refractivity contribution in [1.82, 2.24) is 9.29 Å². The lowest BCUT2D eigenvalue weighted by molar-refractivity contribution is 0.385. The Kier molecular flexibility index (Phi) is 5.86. The van der Waals surface area contributed by atoms with Crippen LogP contribution in [0, 0.1) is 6.92 Å². The van der Waals surface area contributed by atoms with Gasteiger partial charge in [0.1, 0.15) is 0 Å². The number of rotatable bonds is 4. The Morgan fingerprint density at radius 1 is 1.00 bits per heavy atom. The van der Waals surface area contributed by atoms with Gasteiger partial charge in [0.25, 0.3) is 0 Å². The molecule has 0 N–H and O–H groups in total. The van der Waals surface area contributed by atoms with Crippen LogP contribution >= 0.6 is 34.5 Å². The van der Waals surface area contributed by atoms with Crippen LogP contribution in [0.3, 0.4) is 0 Å². The lowest BCUT2D eigenvalue weighted by Crippen LogP contribution is -2.48. The Morgan fingerprint density at radius 3 is 2.34 bits per heavy atom. The SMILES string of the molecule is Cc1cccc(-c2csc(N3CCN(S(=O)(=O)c4cc(Cl)cc(Cl)c4)CC3)n2)c1. The largest absolute Gasteiger partial charge is 0.345 e. The van der Waals surface area contributed by atoms with Crippen molar-refractivity contribution in [3.05, 3.63) is 63.5 Å². The van der Waals surface area contributed by atoms with E-state index >= 15 is 0 Å². The minimum absolute atomic E-state index is 0.124. The fourth-order valence-corrected chi connectivity index (χ4v) is 6.33. The molecular formula is C20H19Cl2N3O2S2. The molecule has 1 saturated heterocycles. The van der Waals surface area contributed by atoms with Crippen LogP contribution in [0.15, 0.2) is 52.7 Å². The van der Waals surface area contributed by atoms with Gasteiger partial charge in [-0.3, -0.25) is 0 Å². The number of piperazine rings is 1. The molecule has 0 atom stereocenters. The number of halogens is 2. The van der Waals surface area contributed by atoms with Crippen LogP contribution in [0.25, 0.3) is 11.3 Å². The number of hydrogen-bond donors (Lipinski definition) is 0. The molecule has 5 nitrogen and oxygen atoms in total. The molecule has 0 saturated carbocycles. The van der Waals surface area contributed by atoms with E-state index in [1.165, 1.54) is 28.1 Å². The van der Waals surface area contributed by atoms with Crippen molar-refractivity contribution in [2.24, 2.45) is 0 Å². The van der Waals surface area contributed by atoms with Gasteiger partial charge in [0, 0.05) is 47.2 Å². The number of hydrogen-bond acceptors (Lipinski definition) is 5. The van der Waals surface area contributed by atoms with Gasteiger partial charge in [0.05, 0.1) is 10.6 Å². The van der Waals surface area contributed by atoms with Gasteiger partial charge in [-0.2, -0.15) is 4.31 Å². The molecule has 0 amide bonds. The number of aromatic nitrogens is 1. The summed E-state index contributed by atoms with van der Waals surface area (Å²) in [4.78, 5) is 7.01. The summed E-state index contributed by atoms with van der Waals surface area (Å²) >= 11 is 13.5. The fraction of sp³-hybridized carbons (Fsp3) is 0.250. The summed E-state index contributed by atoms with van der Waals surface area (Å²) in [5.74, 6) is 0. The van der Waals surface area contributed by atoms with Crippen molar-refractivity contribution in [2.45, 2.75) is 11.8 Å². The Hall–Kier alpha value is -1.64. The van der Waals surface area contributed by atoms with E-state index in [1.807, 2.05) is 17.5 Å². The molecule has 0 spiro atoms. The first-order valence-electron chi connectivity index (χ1n) is 9.07. The van der Waals surface area contributed by atoms with Crippen LogP contribution in [-0.2, 0) is 10.0 Å². The van der Waals surface area contributed by atoms with E-state index in [4.69, 9.17) is 28.2 Å². The Labute approximate surface area is 184 Å². The topological polar surface area (TPSA) is 53.5 Å². The first kappa shape index (κ1) is 20.6. The molecule has 0 unspecified atom stereocenters. The van der Waals surface area contributed by atoms with Crippen molar-refractivity contribution >= 4 is 49.7 Å². The van der Waals surface area contributed by atoms with Gasteiger partial charge in [-0.1, -0.05) is 47.0 Å². The summed E-state index contributed by atoms with van der Waals surface area (Å²) < 4.78 is 27.3. The molecule has 9 heteroatoms. The summed E-state index contributed by atoms with van der Waals surface area (Å²) in [6.45, 7) is 3.98. The molecular weight excluding hydrogens is 449 g/mol. The Balaban J connectivity index is 1.47. The smallest absolute Gasteiger partial charge is 0.243 e. The molecule has 0 radical (unpaired) electrons. The maximum absolute atomic E-state index is 12.9. The highest BCUT2D eigenvalue weighted by molar-refractivity contribution is 7.89. The summed E-state index contributed by atoms with van der Waals surface area (Å²) in [5.41, 5.74) is 3.22. The molecule has 0 aliphatic carbocycles. The zero-order valence-corrected chi connectivity index (χ0v) is 18.8. The molecule has 4 rings (SSSR count). The van der Waals surface area contributed by atoms with Crippen LogP contribution in [-0.4, -0.2) is 43.9 Å². The average molecular weight is 468 g/mol. The first-order valence-corrected chi connectivity index (χ1v) is 12.1. The second-order valence-corrected chi connectivity index (χ2v) is 10.5. The van der Waals surface area contributed by atoms with E-state index < -0.39 is 10.0 Å². The highest BCUT2D eigenvalue weighted by Crippen LogP contribution is 2.30. The van der Waals surface area contributed by atoms with Gasteiger partial charge in [0.2, 0.25) is 10.0 Å². The molecule has 2 heterocycles. The van der Waals surface area contributed by atoms with Crippen molar-refractivity contribution in [3.63, 3.8) is 0 Å². The third-order valence-electron chi connectivity index (χ3n) is 4.79. The van der Waals surface area contributed by atoms with Crippen molar-refractivity contribution in [1.29, 1.82) is 0 Å². The maximum atomic E-state index is 12.9. The third kappa shape index (κ3) is 4.44. The van der Waals surface area contributed by atoms with Crippen molar-refractivity contribution in [3.8, 4) is 11.3 Å². The molecule has 152 valence electrons. The fourth-order valence-electron chi connectivity index (χ4n) is 3.29. The summed E-state index contributed by atoms with van der Waals surface area (Å²) in [7, 11) is -3.63. The van der Waals surface area contributed by atoms with Gasteiger partial charge >= 0.3 is 0 Å². The van der Waals surface area contributed by atoms with Gasteiger partial charge in [-0.25, -0.2) is 13.4 Å². The van der Waals surface area contributed by atoms with E-state index in [0.717, 1.165) is 16.4 Å². The predicted octanol–water partition coefficient (Wildman–Crippen LogP) is 4.94. The zero-order chi connectivity index (χ0) is 20.6. The second-order valence-electron chi connectivity index (χ2n) is 6.88. The normalized spacial score (nSPS) is 15.6. The van der Waals surface area contributed by atoms with Crippen LogP contribution in [0.5, 0.6) is 0 Å².